The maximum Gasteiger partial charge on any atom is 0.00388 e. The molecule has 0 aromatic rings. The molecule has 2 atom stereocenters. The van der Waals surface area contributed by atoms with E-state index in [0.717, 1.165) is 6.42 Å². The number of rotatable bonds is 8. The van der Waals surface area contributed by atoms with E-state index in [-0.39, 0.29) is 0 Å². The molecule has 0 aliphatic carbocycles. The van der Waals surface area contributed by atoms with Crippen LogP contribution in [0.25, 0.3) is 0 Å². The van der Waals surface area contributed by atoms with E-state index in [2.05, 4.69) is 19.7 Å². The molecule has 2 unspecified atom stereocenters. The summed E-state index contributed by atoms with van der Waals surface area (Å²) >= 11 is 0. The predicted octanol–water partition coefficient (Wildman–Crippen LogP) is 1.34. The van der Waals surface area contributed by atoms with Crippen LogP contribution in [-0.4, -0.2) is 12.1 Å². The quantitative estimate of drug-likeness (QED) is 0.324. The lowest BCUT2D eigenvalue weighted by atomic mass is 10.0. The van der Waals surface area contributed by atoms with E-state index in [9.17, 15) is 0 Å². The average Bonchev–Trinajstić information content (AvgIpc) is 2.24. The van der Waals surface area contributed by atoms with Crippen LogP contribution >= 0.6 is 0 Å². The Kier molecular flexibility index (Phi) is 15.9. The van der Waals surface area contributed by atoms with Crippen molar-refractivity contribution in [2.45, 2.75) is 70.9 Å². The molecule has 0 spiro atoms. The molecule has 4 nitrogen and oxygen atoms in total. The van der Waals surface area contributed by atoms with Crippen LogP contribution in [0.15, 0.2) is 0 Å². The van der Waals surface area contributed by atoms with Gasteiger partial charge < -0.3 is 11.5 Å². The molecule has 0 fully saturated rings. The monoisotopic (exact) mass is 216 g/mol. The fourth-order valence-corrected chi connectivity index (χ4v) is 1.48. The van der Waals surface area contributed by atoms with Gasteiger partial charge in [0.1, 0.15) is 0 Å². The van der Waals surface area contributed by atoms with Crippen molar-refractivity contribution in [2.75, 3.05) is 0 Å². The first-order chi connectivity index (χ1) is 7.16. The molecule has 15 heavy (non-hydrogen) atoms. The third-order valence-electron chi connectivity index (χ3n) is 2.41. The Balaban J connectivity index is 0. The Morgan fingerprint density at radius 2 is 1.40 bits per heavy atom. The van der Waals surface area contributed by atoms with Crippen LogP contribution in [-0.2, 0) is 0 Å². The van der Waals surface area contributed by atoms with E-state index in [0.29, 0.717) is 12.1 Å². The highest BCUT2D eigenvalue weighted by Crippen LogP contribution is 2.08. The minimum absolute atomic E-state index is 0.354. The lowest BCUT2D eigenvalue weighted by Gasteiger charge is -2.10. The van der Waals surface area contributed by atoms with Gasteiger partial charge in [-0.2, -0.15) is 0 Å². The molecule has 0 rings (SSSR count). The summed E-state index contributed by atoms with van der Waals surface area (Å²) in [5, 5.41) is 0. The zero-order chi connectivity index (χ0) is 12.1. The SMILES string of the molecule is CCCCC(N)CCCCC(C)N.[N]N. The molecule has 2 radical (unpaired) electrons. The topological polar surface area (TPSA) is 100 Å². The van der Waals surface area contributed by atoms with E-state index < -0.39 is 0 Å². The van der Waals surface area contributed by atoms with Gasteiger partial charge in [0.15, 0.2) is 0 Å². The molecule has 4 heteroatoms. The zero-order valence-electron chi connectivity index (χ0n) is 10.3. The third-order valence-corrected chi connectivity index (χ3v) is 2.41. The van der Waals surface area contributed by atoms with Gasteiger partial charge in [0, 0.05) is 12.1 Å². The van der Waals surface area contributed by atoms with Crippen LogP contribution in [0, 0.1) is 0 Å². The fraction of sp³-hybridized carbons (Fsp3) is 1.00. The van der Waals surface area contributed by atoms with Gasteiger partial charge in [0.2, 0.25) is 0 Å². The average molecular weight is 216 g/mol. The van der Waals surface area contributed by atoms with Crippen LogP contribution in [0.5, 0.6) is 0 Å². The summed E-state index contributed by atoms with van der Waals surface area (Å²) in [7, 11) is 0. The van der Waals surface area contributed by atoms with E-state index in [4.69, 9.17) is 17.3 Å². The summed E-state index contributed by atoms with van der Waals surface area (Å²) in [4.78, 5) is 0. The number of hydrogen-bond donors (Lipinski definition) is 3. The molecule has 0 aliphatic rings. The summed E-state index contributed by atoms with van der Waals surface area (Å²) in [5.74, 6) is 10.0. The molecular weight excluding hydrogens is 188 g/mol. The first kappa shape index (κ1) is 17.2. The Morgan fingerprint density at radius 3 is 1.87 bits per heavy atom. The van der Waals surface area contributed by atoms with Crippen LogP contribution in [0.3, 0.4) is 0 Å². The van der Waals surface area contributed by atoms with Crippen LogP contribution in [0.4, 0.5) is 0 Å². The smallest absolute Gasteiger partial charge is 0.00388 e. The van der Waals surface area contributed by atoms with Gasteiger partial charge in [-0.1, -0.05) is 32.6 Å². The second kappa shape index (κ2) is 13.8. The summed E-state index contributed by atoms with van der Waals surface area (Å²) in [6, 6.07) is 0.778. The van der Waals surface area contributed by atoms with Crippen LogP contribution < -0.4 is 23.2 Å². The summed E-state index contributed by atoms with van der Waals surface area (Å²) in [6.45, 7) is 4.28. The second-order valence-corrected chi connectivity index (χ2v) is 4.16. The van der Waals surface area contributed by atoms with E-state index >= 15 is 0 Å². The van der Waals surface area contributed by atoms with E-state index in [1.54, 1.807) is 0 Å². The maximum atomic E-state index is 6.50. The minimum Gasteiger partial charge on any atom is -0.328 e. The van der Waals surface area contributed by atoms with Gasteiger partial charge in [-0.25, -0.2) is 5.84 Å². The minimum atomic E-state index is 0.354. The molecule has 0 bridgehead atoms. The molecule has 0 aliphatic heterocycles. The Hall–Kier alpha value is -0.160. The van der Waals surface area contributed by atoms with Crippen molar-refractivity contribution in [1.82, 2.24) is 5.84 Å². The van der Waals surface area contributed by atoms with Crippen molar-refractivity contribution in [1.29, 1.82) is 0 Å². The van der Waals surface area contributed by atoms with Crippen LogP contribution in [0.2, 0.25) is 0 Å². The lowest BCUT2D eigenvalue weighted by molar-refractivity contribution is 0.494. The summed E-state index contributed by atoms with van der Waals surface area (Å²) < 4.78 is 0. The van der Waals surface area contributed by atoms with Crippen molar-refractivity contribution in [2.24, 2.45) is 17.3 Å². The molecule has 92 valence electrons. The van der Waals surface area contributed by atoms with Crippen molar-refractivity contribution < 1.29 is 0 Å². The number of nitrogens with zero attached hydrogens (tertiary/aromatic N) is 1. The highest BCUT2D eigenvalue weighted by Gasteiger charge is 2.01. The highest BCUT2D eigenvalue weighted by atomic mass is 15.0. The molecule has 0 saturated carbocycles. The van der Waals surface area contributed by atoms with Gasteiger partial charge in [-0.3, -0.25) is 0 Å². The summed E-state index contributed by atoms with van der Waals surface area (Å²) in [6.07, 6.45) is 8.51. The van der Waals surface area contributed by atoms with Gasteiger partial charge >= 0.3 is 0 Å². The molecule has 0 aromatic heterocycles. The van der Waals surface area contributed by atoms with Gasteiger partial charge in [0.25, 0.3) is 0 Å². The third kappa shape index (κ3) is 16.5. The molecule has 0 aromatic carbocycles. The predicted molar refractivity (Wildman–Crippen MR) is 65.9 cm³/mol. The van der Waals surface area contributed by atoms with E-state index in [1.165, 1.54) is 38.5 Å². The molecular formula is C11H28N4. The second-order valence-electron chi connectivity index (χ2n) is 4.16. The van der Waals surface area contributed by atoms with E-state index in [1.807, 2.05) is 0 Å². The zero-order valence-corrected chi connectivity index (χ0v) is 10.3. The van der Waals surface area contributed by atoms with Gasteiger partial charge in [0.05, 0.1) is 0 Å². The Bertz CT molecular complexity index is 107. The molecule has 6 N–H and O–H groups in total. The van der Waals surface area contributed by atoms with Crippen molar-refractivity contribution in [3.05, 3.63) is 0 Å². The van der Waals surface area contributed by atoms with Crippen molar-refractivity contribution in [3.63, 3.8) is 0 Å². The molecule has 0 amide bonds. The first-order valence-electron chi connectivity index (χ1n) is 5.93. The maximum absolute atomic E-state index is 6.50. The number of unbranched alkanes of at least 4 members (excludes halogenated alkanes) is 2. The highest BCUT2D eigenvalue weighted by molar-refractivity contribution is 4.62. The fourth-order valence-electron chi connectivity index (χ4n) is 1.48. The number of nitrogens with two attached hydrogens (primary N) is 3. The Morgan fingerprint density at radius 1 is 0.933 bits per heavy atom. The first-order valence-corrected chi connectivity index (χ1v) is 5.93. The van der Waals surface area contributed by atoms with Crippen molar-refractivity contribution >= 4 is 0 Å². The number of hydrogen-bond acceptors (Lipinski definition) is 3. The molecule has 0 saturated heterocycles. The largest absolute Gasteiger partial charge is 0.328 e. The standard InChI is InChI=1S/C11H26N2.H2N2/c1-3-4-8-11(13)9-6-5-7-10(2)12;1-2/h10-11H,3-9,12-13H2,1-2H3;1H2. The normalized spacial score (nSPS) is 14.0. The lowest BCUT2D eigenvalue weighted by Crippen LogP contribution is -2.20. The van der Waals surface area contributed by atoms with Gasteiger partial charge in [-0.15, -0.1) is 0 Å². The molecule has 0 heterocycles. The van der Waals surface area contributed by atoms with Crippen LogP contribution in [0.1, 0.15) is 58.8 Å². The summed E-state index contributed by atoms with van der Waals surface area (Å²) in [5.41, 5.74) is 11.6. The Labute approximate surface area is 94.7 Å². The van der Waals surface area contributed by atoms with Crippen molar-refractivity contribution in [3.8, 4) is 0 Å². The van der Waals surface area contributed by atoms with Gasteiger partial charge in [-0.05, 0) is 32.0 Å².